The fourth-order valence-corrected chi connectivity index (χ4v) is 7.01. The molecule has 2 aliphatic carbocycles. The van der Waals surface area contributed by atoms with Gasteiger partial charge in [0.15, 0.2) is 0 Å². The third kappa shape index (κ3) is 3.55. The molecule has 7 nitrogen and oxygen atoms in total. The van der Waals surface area contributed by atoms with Gasteiger partial charge in [0.1, 0.15) is 5.75 Å². The summed E-state index contributed by atoms with van der Waals surface area (Å²) in [6.45, 7) is 6.06. The molecule has 2 aromatic carbocycles. The molecule has 6 rings (SSSR count). The number of nitrogens with zero attached hydrogens (tertiary/aromatic N) is 2. The van der Waals surface area contributed by atoms with Gasteiger partial charge in [-0.15, -0.1) is 0 Å². The highest BCUT2D eigenvalue weighted by atomic mass is 16.5. The molecule has 5 atom stereocenters. The number of anilines is 2. The Balaban J connectivity index is 1.16. The number of esters is 1. The Bertz CT molecular complexity index is 1270. The van der Waals surface area contributed by atoms with Crippen molar-refractivity contribution in [2.75, 3.05) is 16.3 Å². The molecule has 2 saturated carbocycles. The van der Waals surface area contributed by atoms with E-state index in [9.17, 15) is 19.2 Å². The minimum absolute atomic E-state index is 0.0824. The molecule has 7 heteroatoms. The van der Waals surface area contributed by atoms with Gasteiger partial charge >= 0.3 is 5.97 Å². The number of carbonyl (C=O) groups is 4. The van der Waals surface area contributed by atoms with Crippen molar-refractivity contribution < 1.29 is 23.9 Å². The maximum Gasteiger partial charge on any atom is 0.316 e. The lowest BCUT2D eigenvalue weighted by molar-refractivity contribution is -0.139. The minimum atomic E-state index is -0.560. The van der Waals surface area contributed by atoms with Gasteiger partial charge in [0, 0.05) is 18.7 Å². The summed E-state index contributed by atoms with van der Waals surface area (Å²) in [7, 11) is 0. The van der Waals surface area contributed by atoms with E-state index in [1.165, 1.54) is 4.90 Å². The fourth-order valence-electron chi connectivity index (χ4n) is 7.01. The molecule has 2 bridgehead atoms. The average molecular weight is 487 g/mol. The highest BCUT2D eigenvalue weighted by Crippen LogP contribution is 2.56. The lowest BCUT2D eigenvalue weighted by atomic mass is 9.81. The number of hydrogen-bond acceptors (Lipinski definition) is 5. The lowest BCUT2D eigenvalue weighted by Crippen LogP contribution is -2.33. The quantitative estimate of drug-likeness (QED) is 0.369. The zero-order valence-corrected chi connectivity index (χ0v) is 20.8. The van der Waals surface area contributed by atoms with Crippen molar-refractivity contribution in [1.29, 1.82) is 0 Å². The molecule has 0 aromatic heterocycles. The molecule has 3 amide bonds. The predicted octanol–water partition coefficient (Wildman–Crippen LogP) is 4.11. The minimum Gasteiger partial charge on any atom is -0.426 e. The van der Waals surface area contributed by atoms with E-state index in [-0.39, 0.29) is 42.5 Å². The van der Waals surface area contributed by atoms with Crippen LogP contribution in [0.25, 0.3) is 0 Å². The number of amides is 3. The molecule has 186 valence electrons. The first kappa shape index (κ1) is 23.0. The second-order valence-corrected chi connectivity index (χ2v) is 11.0. The highest BCUT2D eigenvalue weighted by molar-refractivity contribution is 6.23. The molecule has 2 aliphatic heterocycles. The standard InChI is InChI=1S/C29H30N2O5/c1-15-8-16(2)10-21(9-15)30-14-20(13-24(30)32)29(35)36-22-6-7-23(17(3)11-22)31-27(33)25-18-4-5-19(12-18)26(25)28(31)34/h6-11,18-20,25-26H,4-5,12-14H2,1-3H3/t18-,19+,20-,25+,26+/m1/s1. The van der Waals surface area contributed by atoms with Crippen molar-refractivity contribution in [3.8, 4) is 5.75 Å². The van der Waals surface area contributed by atoms with Crippen LogP contribution >= 0.6 is 0 Å². The van der Waals surface area contributed by atoms with E-state index in [2.05, 4.69) is 0 Å². The molecule has 2 heterocycles. The molecule has 0 radical (unpaired) electrons. The van der Waals surface area contributed by atoms with Gasteiger partial charge in [0.25, 0.3) is 0 Å². The van der Waals surface area contributed by atoms with E-state index in [1.807, 2.05) is 39.0 Å². The van der Waals surface area contributed by atoms with Crippen LogP contribution in [0.5, 0.6) is 5.75 Å². The number of fused-ring (bicyclic) bond motifs is 5. The first-order valence-corrected chi connectivity index (χ1v) is 12.8. The summed E-state index contributed by atoms with van der Waals surface area (Å²) in [6.07, 6.45) is 3.18. The van der Waals surface area contributed by atoms with Crippen molar-refractivity contribution >= 4 is 35.1 Å². The van der Waals surface area contributed by atoms with Crippen LogP contribution < -0.4 is 14.5 Å². The zero-order chi connectivity index (χ0) is 25.3. The fraction of sp³-hybridized carbons (Fsp3) is 0.448. The van der Waals surface area contributed by atoms with Crippen molar-refractivity contribution in [2.24, 2.45) is 29.6 Å². The summed E-state index contributed by atoms with van der Waals surface area (Å²) < 4.78 is 5.64. The van der Waals surface area contributed by atoms with Gasteiger partial charge in [-0.2, -0.15) is 0 Å². The van der Waals surface area contributed by atoms with Crippen molar-refractivity contribution in [3.05, 3.63) is 53.1 Å². The normalized spacial score (nSPS) is 28.9. The number of rotatable bonds is 4. The summed E-state index contributed by atoms with van der Waals surface area (Å²) >= 11 is 0. The molecule has 4 aliphatic rings. The first-order valence-electron chi connectivity index (χ1n) is 12.8. The van der Waals surface area contributed by atoms with Crippen molar-refractivity contribution in [1.82, 2.24) is 0 Å². The maximum atomic E-state index is 13.2. The van der Waals surface area contributed by atoms with Gasteiger partial charge in [0.05, 0.1) is 23.4 Å². The Morgan fingerprint density at radius 3 is 2.14 bits per heavy atom. The molecule has 0 N–H and O–H groups in total. The number of ether oxygens (including phenoxy) is 1. The Labute approximate surface area is 210 Å². The Morgan fingerprint density at radius 2 is 1.53 bits per heavy atom. The molecule has 0 unspecified atom stereocenters. The van der Waals surface area contributed by atoms with E-state index >= 15 is 0 Å². The summed E-state index contributed by atoms with van der Waals surface area (Å²) in [6, 6.07) is 10.9. The third-order valence-corrected chi connectivity index (χ3v) is 8.53. The Kier molecular flexibility index (Phi) is 5.28. The van der Waals surface area contributed by atoms with Crippen molar-refractivity contribution in [3.63, 3.8) is 0 Å². The van der Waals surface area contributed by atoms with Crippen LogP contribution in [0.1, 0.15) is 42.4 Å². The smallest absolute Gasteiger partial charge is 0.316 e. The SMILES string of the molecule is Cc1cc(C)cc(N2C[C@H](C(=O)Oc3ccc(N4C(=O)[C@H]5[C@@H]6CC[C@@H](C6)[C@@H]5C4=O)c(C)c3)CC2=O)c1. The second kappa shape index (κ2) is 8.29. The maximum absolute atomic E-state index is 13.2. The number of hydrogen-bond donors (Lipinski definition) is 0. The summed E-state index contributed by atoms with van der Waals surface area (Å²) in [5.74, 6) is -0.615. The molecular formula is C29H30N2O5. The zero-order valence-electron chi connectivity index (χ0n) is 20.8. The molecule has 2 saturated heterocycles. The van der Waals surface area contributed by atoms with Crippen molar-refractivity contribution in [2.45, 2.75) is 46.5 Å². The average Bonchev–Trinajstić information content (AvgIpc) is 3.58. The highest BCUT2D eigenvalue weighted by Gasteiger charge is 2.61. The van der Waals surface area contributed by atoms with Gasteiger partial charge in [0.2, 0.25) is 17.7 Å². The number of aryl methyl sites for hydroxylation is 3. The van der Waals surface area contributed by atoms with E-state index in [0.29, 0.717) is 28.8 Å². The van der Waals surface area contributed by atoms with Crippen LogP contribution in [0.3, 0.4) is 0 Å². The van der Waals surface area contributed by atoms with Crippen LogP contribution in [0.15, 0.2) is 36.4 Å². The number of benzene rings is 2. The number of imide groups is 1. The van der Waals surface area contributed by atoms with Crippen LogP contribution in [-0.2, 0) is 19.2 Å². The largest absolute Gasteiger partial charge is 0.426 e. The second-order valence-electron chi connectivity index (χ2n) is 11.0. The van der Waals surface area contributed by atoms with E-state index in [4.69, 9.17) is 4.74 Å². The molecule has 2 aromatic rings. The molecule has 4 fully saturated rings. The third-order valence-electron chi connectivity index (χ3n) is 8.53. The van der Waals surface area contributed by atoms with Gasteiger partial charge in [-0.1, -0.05) is 6.07 Å². The number of carbonyl (C=O) groups excluding carboxylic acids is 4. The first-order chi connectivity index (χ1) is 17.2. The van der Waals surface area contributed by atoms with Crippen LogP contribution in [0, 0.1) is 50.4 Å². The van der Waals surface area contributed by atoms with Crippen LogP contribution in [-0.4, -0.2) is 30.2 Å². The molecule has 0 spiro atoms. The molecule has 36 heavy (non-hydrogen) atoms. The lowest BCUT2D eigenvalue weighted by Gasteiger charge is -2.20. The van der Waals surface area contributed by atoms with E-state index < -0.39 is 11.9 Å². The van der Waals surface area contributed by atoms with Crippen LogP contribution in [0.4, 0.5) is 11.4 Å². The molecular weight excluding hydrogens is 456 g/mol. The Hall–Kier alpha value is -3.48. The monoisotopic (exact) mass is 486 g/mol. The summed E-state index contributed by atoms with van der Waals surface area (Å²) in [5.41, 5.74) is 4.19. The van der Waals surface area contributed by atoms with Gasteiger partial charge < -0.3 is 9.64 Å². The van der Waals surface area contributed by atoms with E-state index in [0.717, 1.165) is 36.1 Å². The summed E-state index contributed by atoms with van der Waals surface area (Å²) in [5, 5.41) is 0. The van der Waals surface area contributed by atoms with Gasteiger partial charge in [-0.3, -0.25) is 19.2 Å². The summed E-state index contributed by atoms with van der Waals surface area (Å²) in [4.78, 5) is 54.9. The van der Waals surface area contributed by atoms with Gasteiger partial charge in [-0.25, -0.2) is 4.90 Å². The predicted molar refractivity (Wildman–Crippen MR) is 133 cm³/mol. The Morgan fingerprint density at radius 1 is 0.889 bits per heavy atom. The van der Waals surface area contributed by atoms with Gasteiger partial charge in [-0.05, 0) is 98.9 Å². The van der Waals surface area contributed by atoms with Crippen LogP contribution in [0.2, 0.25) is 0 Å². The topological polar surface area (TPSA) is 84.0 Å². The van der Waals surface area contributed by atoms with E-state index in [1.54, 1.807) is 23.1 Å².